The molecule has 1 saturated heterocycles. The number of likely N-dealkylation sites (N-methyl/N-ethyl adjacent to an activating group) is 1. The Labute approximate surface area is 106 Å². The Balaban J connectivity index is 2.17. The van der Waals surface area contributed by atoms with Gasteiger partial charge in [-0.05, 0) is 19.1 Å². The molecule has 3 N–H and O–H groups in total. The minimum atomic E-state index is -0.324. The van der Waals surface area contributed by atoms with Gasteiger partial charge in [-0.25, -0.2) is 4.98 Å². The number of ether oxygens (including phenoxy) is 1. The first kappa shape index (κ1) is 12.6. The van der Waals surface area contributed by atoms with E-state index in [1.54, 1.807) is 12.3 Å². The second-order valence-electron chi connectivity index (χ2n) is 4.13. The topological polar surface area (TPSA) is 80.5 Å². The molecule has 0 radical (unpaired) electrons. The van der Waals surface area contributed by atoms with Gasteiger partial charge in [0.15, 0.2) is 0 Å². The van der Waals surface area contributed by atoms with Crippen molar-refractivity contribution in [2.75, 3.05) is 36.9 Å². The zero-order valence-electron chi connectivity index (χ0n) is 10.4. The lowest BCUT2D eigenvalue weighted by Crippen LogP contribution is -2.54. The average Bonchev–Trinajstić information content (AvgIpc) is 2.40. The third-order valence-corrected chi connectivity index (χ3v) is 2.85. The second kappa shape index (κ2) is 5.68. The van der Waals surface area contributed by atoms with E-state index in [1.165, 1.54) is 0 Å². The van der Waals surface area contributed by atoms with Crippen molar-refractivity contribution in [3.8, 4) is 0 Å². The lowest BCUT2D eigenvalue weighted by Gasteiger charge is -2.35. The molecule has 0 spiro atoms. The van der Waals surface area contributed by atoms with Gasteiger partial charge in [0.25, 0.3) is 0 Å². The van der Waals surface area contributed by atoms with Gasteiger partial charge in [0.05, 0.1) is 25.1 Å². The van der Waals surface area contributed by atoms with Crippen molar-refractivity contribution in [1.82, 2.24) is 10.3 Å². The van der Waals surface area contributed by atoms with Crippen LogP contribution in [-0.2, 0) is 9.53 Å². The molecule has 6 nitrogen and oxygen atoms in total. The standard InChI is InChI=1S/C12H18N4O2/c1-2-14-12(17)10-8-18-6-5-16(10)11-4-3-9(13)7-15-11/h3-4,7,10H,2,5-6,8,13H2,1H3,(H,14,17). The molecule has 1 aliphatic heterocycles. The van der Waals surface area contributed by atoms with E-state index in [4.69, 9.17) is 10.5 Å². The number of carbonyl (C=O) groups excluding carboxylic acids is 1. The van der Waals surface area contributed by atoms with E-state index < -0.39 is 0 Å². The fourth-order valence-corrected chi connectivity index (χ4v) is 1.95. The van der Waals surface area contributed by atoms with Crippen LogP contribution in [0.25, 0.3) is 0 Å². The Morgan fingerprint density at radius 1 is 1.67 bits per heavy atom. The molecule has 1 aromatic heterocycles. The highest BCUT2D eigenvalue weighted by molar-refractivity contribution is 5.85. The minimum absolute atomic E-state index is 0.0316. The van der Waals surface area contributed by atoms with Crippen LogP contribution in [0, 0.1) is 0 Å². The Bertz CT molecular complexity index is 407. The number of carbonyl (C=O) groups is 1. The van der Waals surface area contributed by atoms with Crippen molar-refractivity contribution in [2.24, 2.45) is 0 Å². The van der Waals surface area contributed by atoms with Crippen molar-refractivity contribution in [2.45, 2.75) is 13.0 Å². The molecule has 0 bridgehead atoms. The molecule has 18 heavy (non-hydrogen) atoms. The zero-order chi connectivity index (χ0) is 13.0. The summed E-state index contributed by atoms with van der Waals surface area (Å²) in [5.74, 6) is 0.722. The number of anilines is 2. The number of amides is 1. The third-order valence-electron chi connectivity index (χ3n) is 2.85. The molecule has 2 heterocycles. The smallest absolute Gasteiger partial charge is 0.245 e. The molecule has 1 amide bonds. The molecule has 0 saturated carbocycles. The van der Waals surface area contributed by atoms with Crippen LogP contribution in [0.4, 0.5) is 11.5 Å². The van der Waals surface area contributed by atoms with E-state index >= 15 is 0 Å². The number of hydrogen-bond donors (Lipinski definition) is 2. The molecule has 0 aliphatic carbocycles. The Morgan fingerprint density at radius 2 is 2.50 bits per heavy atom. The summed E-state index contributed by atoms with van der Waals surface area (Å²) >= 11 is 0. The minimum Gasteiger partial charge on any atom is -0.397 e. The van der Waals surface area contributed by atoms with Crippen molar-refractivity contribution in [1.29, 1.82) is 0 Å². The zero-order valence-corrected chi connectivity index (χ0v) is 10.4. The summed E-state index contributed by atoms with van der Waals surface area (Å²) < 4.78 is 5.37. The van der Waals surface area contributed by atoms with Gasteiger partial charge in [-0.15, -0.1) is 0 Å². The lowest BCUT2D eigenvalue weighted by molar-refractivity contribution is -0.124. The highest BCUT2D eigenvalue weighted by atomic mass is 16.5. The number of morpholine rings is 1. The van der Waals surface area contributed by atoms with Crippen LogP contribution in [-0.4, -0.2) is 43.2 Å². The SMILES string of the molecule is CCNC(=O)C1COCCN1c1ccc(N)cn1. The number of pyridine rings is 1. The van der Waals surface area contributed by atoms with Crippen molar-refractivity contribution >= 4 is 17.4 Å². The fourth-order valence-electron chi connectivity index (χ4n) is 1.95. The van der Waals surface area contributed by atoms with E-state index in [1.807, 2.05) is 17.9 Å². The second-order valence-corrected chi connectivity index (χ2v) is 4.13. The largest absolute Gasteiger partial charge is 0.397 e. The summed E-state index contributed by atoms with van der Waals surface area (Å²) in [5.41, 5.74) is 6.23. The number of rotatable bonds is 3. The van der Waals surface area contributed by atoms with Crippen molar-refractivity contribution < 1.29 is 9.53 Å². The summed E-state index contributed by atoms with van der Waals surface area (Å²) in [5, 5.41) is 2.81. The molecule has 1 atom stereocenters. The fraction of sp³-hybridized carbons (Fsp3) is 0.500. The first-order valence-corrected chi connectivity index (χ1v) is 6.06. The summed E-state index contributed by atoms with van der Waals surface area (Å²) in [7, 11) is 0. The Hall–Kier alpha value is -1.82. The maximum atomic E-state index is 12.0. The van der Waals surface area contributed by atoms with Gasteiger partial charge in [-0.3, -0.25) is 4.79 Å². The highest BCUT2D eigenvalue weighted by Gasteiger charge is 2.29. The predicted molar refractivity (Wildman–Crippen MR) is 69.3 cm³/mol. The van der Waals surface area contributed by atoms with Crippen molar-refractivity contribution in [3.63, 3.8) is 0 Å². The summed E-state index contributed by atoms with van der Waals surface area (Å²) in [4.78, 5) is 18.2. The van der Waals surface area contributed by atoms with E-state index in [0.29, 0.717) is 32.0 Å². The van der Waals surface area contributed by atoms with Gasteiger partial charge < -0.3 is 20.7 Å². The number of nitrogens with one attached hydrogen (secondary N) is 1. The predicted octanol–water partition coefficient (Wildman–Crippen LogP) is 0.00510. The molecule has 1 fully saturated rings. The molecular weight excluding hydrogens is 232 g/mol. The van der Waals surface area contributed by atoms with Gasteiger partial charge in [0.2, 0.25) is 5.91 Å². The van der Waals surface area contributed by atoms with Gasteiger partial charge in [0.1, 0.15) is 11.9 Å². The van der Waals surface area contributed by atoms with Gasteiger partial charge in [-0.2, -0.15) is 0 Å². The van der Waals surface area contributed by atoms with E-state index in [-0.39, 0.29) is 11.9 Å². The number of nitrogens with two attached hydrogens (primary N) is 1. The first-order chi connectivity index (χ1) is 8.72. The lowest BCUT2D eigenvalue weighted by atomic mass is 10.2. The summed E-state index contributed by atoms with van der Waals surface area (Å²) in [6, 6.07) is 3.29. The quantitative estimate of drug-likeness (QED) is 0.789. The van der Waals surface area contributed by atoms with Crippen LogP contribution in [0.5, 0.6) is 0 Å². The van der Waals surface area contributed by atoms with E-state index in [2.05, 4.69) is 10.3 Å². The van der Waals surface area contributed by atoms with Gasteiger partial charge >= 0.3 is 0 Å². The van der Waals surface area contributed by atoms with Gasteiger partial charge in [0, 0.05) is 13.1 Å². The number of nitrogen functional groups attached to an aromatic ring is 1. The molecule has 1 aliphatic rings. The maximum Gasteiger partial charge on any atom is 0.245 e. The third kappa shape index (κ3) is 2.70. The highest BCUT2D eigenvalue weighted by Crippen LogP contribution is 2.18. The molecule has 0 aromatic carbocycles. The monoisotopic (exact) mass is 250 g/mol. The molecule has 6 heteroatoms. The van der Waals surface area contributed by atoms with E-state index in [9.17, 15) is 4.79 Å². The van der Waals surface area contributed by atoms with Crippen LogP contribution < -0.4 is 16.0 Å². The number of aromatic nitrogens is 1. The molecular formula is C12H18N4O2. The summed E-state index contributed by atoms with van der Waals surface area (Å²) in [6.45, 7) is 4.14. The molecule has 2 rings (SSSR count). The van der Waals surface area contributed by atoms with Crippen LogP contribution in [0.3, 0.4) is 0 Å². The van der Waals surface area contributed by atoms with E-state index in [0.717, 1.165) is 5.82 Å². The van der Waals surface area contributed by atoms with Crippen LogP contribution in [0.15, 0.2) is 18.3 Å². The van der Waals surface area contributed by atoms with Crippen LogP contribution >= 0.6 is 0 Å². The number of nitrogens with zero attached hydrogens (tertiary/aromatic N) is 2. The Kier molecular flexibility index (Phi) is 3.99. The van der Waals surface area contributed by atoms with Crippen LogP contribution in [0.2, 0.25) is 0 Å². The first-order valence-electron chi connectivity index (χ1n) is 6.06. The van der Waals surface area contributed by atoms with Gasteiger partial charge in [-0.1, -0.05) is 0 Å². The average molecular weight is 250 g/mol. The normalized spacial score (nSPS) is 19.6. The van der Waals surface area contributed by atoms with Crippen LogP contribution in [0.1, 0.15) is 6.92 Å². The molecule has 1 unspecified atom stereocenters. The summed E-state index contributed by atoms with van der Waals surface area (Å²) in [6.07, 6.45) is 1.60. The van der Waals surface area contributed by atoms with Crippen molar-refractivity contribution in [3.05, 3.63) is 18.3 Å². The molecule has 98 valence electrons. The number of hydrogen-bond acceptors (Lipinski definition) is 5. The molecule has 1 aromatic rings. The Morgan fingerprint density at radius 3 is 3.17 bits per heavy atom. The maximum absolute atomic E-state index is 12.0.